The van der Waals surface area contributed by atoms with Crippen molar-refractivity contribution in [1.29, 1.82) is 0 Å². The molecule has 2 fully saturated rings. The summed E-state index contributed by atoms with van der Waals surface area (Å²) >= 11 is 0. The molecule has 2 aliphatic carbocycles. The lowest BCUT2D eigenvalue weighted by Gasteiger charge is -2.27. The van der Waals surface area contributed by atoms with Crippen LogP contribution in [0.4, 0.5) is 26.4 Å². The maximum Gasteiger partial charge on any atom is 0.224 e. The van der Waals surface area contributed by atoms with E-state index in [1.165, 1.54) is 18.2 Å². The predicted molar refractivity (Wildman–Crippen MR) is 126 cm³/mol. The van der Waals surface area contributed by atoms with E-state index in [-0.39, 0.29) is 31.8 Å². The van der Waals surface area contributed by atoms with Gasteiger partial charge in [0.05, 0.1) is 6.20 Å². The summed E-state index contributed by atoms with van der Waals surface area (Å²) in [5, 5.41) is 15.7. The minimum absolute atomic E-state index is 0. The van der Waals surface area contributed by atoms with E-state index in [1.807, 2.05) is 4.57 Å². The molecule has 2 aliphatic rings. The Hall–Kier alpha value is -2.81. The van der Waals surface area contributed by atoms with E-state index < -0.39 is 11.6 Å². The number of aliphatic hydroxyl groups excluding tert-OH is 1. The highest BCUT2D eigenvalue weighted by Gasteiger charge is 2.26. The minimum Gasteiger partial charge on any atom is -0.396 e. The van der Waals surface area contributed by atoms with E-state index in [0.29, 0.717) is 29.0 Å². The molecule has 3 N–H and O–H groups in total. The number of para-hydroxylation sites is 1. The average Bonchev–Trinajstić information content (AvgIpc) is 3.44. The van der Waals surface area contributed by atoms with Crippen LogP contribution in [-0.4, -0.2) is 37.3 Å². The van der Waals surface area contributed by atoms with E-state index >= 15 is 0 Å². The van der Waals surface area contributed by atoms with Gasteiger partial charge in [-0.1, -0.05) is 26.3 Å². The monoisotopic (exact) mass is 458 g/mol. The molecule has 7 nitrogen and oxygen atoms in total. The molecule has 2 aromatic heterocycles. The zero-order chi connectivity index (χ0) is 22.1. The molecular formula is C24H32F2N6O. The van der Waals surface area contributed by atoms with Crippen LogP contribution in [0.25, 0.3) is 11.2 Å². The number of nitrogens with zero attached hydrogens (tertiary/aromatic N) is 4. The summed E-state index contributed by atoms with van der Waals surface area (Å²) in [5.74, 6) is -0.0323. The number of nitrogens with one attached hydrogen (secondary N) is 2. The van der Waals surface area contributed by atoms with Gasteiger partial charge < -0.3 is 15.7 Å². The molecule has 0 aliphatic heterocycles. The fourth-order valence-electron chi connectivity index (χ4n) is 4.96. The second-order valence-electron chi connectivity index (χ2n) is 8.91. The van der Waals surface area contributed by atoms with E-state index in [4.69, 9.17) is 4.98 Å². The second kappa shape index (κ2) is 9.99. The van der Waals surface area contributed by atoms with Gasteiger partial charge in [-0.25, -0.2) is 18.7 Å². The minimum atomic E-state index is -0.665. The molecule has 0 spiro atoms. The Bertz CT molecular complexity index is 1070. The van der Waals surface area contributed by atoms with Gasteiger partial charge in [-0.05, 0) is 56.6 Å². The number of fused-ring (bicyclic) bond motifs is 1. The standard InChI is InChI=1S/C23H28F2N6O.CH4/c24-17-6-3-7-18(25)20(17)29-23-28-19-12-26-22(27-15-10-8-14(13-32)9-11-15)30-21(19)31(23)16-4-1-2-5-16;/h3,6-7,12,14-16,32H,1-2,4-5,8-11,13H2,(H,28,29)(H,26,27,30);1H4. The molecule has 5 rings (SSSR count). The Balaban J connectivity index is 0.00000259. The van der Waals surface area contributed by atoms with Gasteiger partial charge in [-0.2, -0.15) is 4.98 Å². The van der Waals surface area contributed by atoms with Gasteiger partial charge in [0.1, 0.15) is 22.8 Å². The van der Waals surface area contributed by atoms with Crippen molar-refractivity contribution in [2.75, 3.05) is 17.2 Å². The largest absolute Gasteiger partial charge is 0.396 e. The zero-order valence-corrected chi connectivity index (χ0v) is 17.9. The summed E-state index contributed by atoms with van der Waals surface area (Å²) in [5.41, 5.74) is 1.04. The average molecular weight is 459 g/mol. The van der Waals surface area contributed by atoms with Gasteiger partial charge in [0.2, 0.25) is 11.9 Å². The first-order chi connectivity index (χ1) is 15.6. The van der Waals surface area contributed by atoms with Gasteiger partial charge in [-0.3, -0.25) is 4.57 Å². The van der Waals surface area contributed by atoms with Crippen LogP contribution in [0.15, 0.2) is 24.4 Å². The Morgan fingerprint density at radius 3 is 2.36 bits per heavy atom. The number of rotatable bonds is 6. The van der Waals surface area contributed by atoms with Gasteiger partial charge >= 0.3 is 0 Å². The lowest BCUT2D eigenvalue weighted by Crippen LogP contribution is -2.28. The van der Waals surface area contributed by atoms with Crippen LogP contribution in [-0.2, 0) is 0 Å². The molecule has 1 aromatic carbocycles. The van der Waals surface area contributed by atoms with Gasteiger partial charge in [-0.15, -0.1) is 0 Å². The van der Waals surface area contributed by atoms with Crippen molar-refractivity contribution in [2.45, 2.75) is 70.9 Å². The van der Waals surface area contributed by atoms with E-state index in [2.05, 4.69) is 20.6 Å². The van der Waals surface area contributed by atoms with E-state index in [1.54, 1.807) is 6.20 Å². The fourth-order valence-corrected chi connectivity index (χ4v) is 4.96. The van der Waals surface area contributed by atoms with Crippen molar-refractivity contribution in [3.63, 3.8) is 0 Å². The molecule has 0 saturated heterocycles. The maximum absolute atomic E-state index is 14.3. The molecule has 0 radical (unpaired) electrons. The van der Waals surface area contributed by atoms with Crippen LogP contribution < -0.4 is 10.6 Å². The highest BCUT2D eigenvalue weighted by atomic mass is 19.1. The molecule has 0 bridgehead atoms. The van der Waals surface area contributed by atoms with Crippen molar-refractivity contribution in [2.24, 2.45) is 5.92 Å². The number of halogens is 2. The van der Waals surface area contributed by atoms with Crippen molar-refractivity contribution in [3.8, 4) is 0 Å². The highest BCUT2D eigenvalue weighted by Crippen LogP contribution is 2.36. The van der Waals surface area contributed by atoms with Crippen molar-refractivity contribution < 1.29 is 13.9 Å². The van der Waals surface area contributed by atoms with Crippen LogP contribution in [0.3, 0.4) is 0 Å². The van der Waals surface area contributed by atoms with Crippen molar-refractivity contribution >= 4 is 28.7 Å². The van der Waals surface area contributed by atoms with Crippen LogP contribution >= 0.6 is 0 Å². The number of imidazole rings is 1. The van der Waals surface area contributed by atoms with Gasteiger partial charge in [0, 0.05) is 18.7 Å². The van der Waals surface area contributed by atoms with Crippen molar-refractivity contribution in [1.82, 2.24) is 19.5 Å². The topological polar surface area (TPSA) is 87.9 Å². The molecule has 0 unspecified atom stereocenters. The molecule has 2 heterocycles. The molecule has 0 atom stereocenters. The first kappa shape index (κ1) is 23.4. The highest BCUT2D eigenvalue weighted by molar-refractivity contribution is 5.76. The molecule has 0 amide bonds. The van der Waals surface area contributed by atoms with E-state index in [0.717, 1.165) is 51.4 Å². The first-order valence-electron chi connectivity index (χ1n) is 11.5. The zero-order valence-electron chi connectivity index (χ0n) is 17.9. The third kappa shape index (κ3) is 4.78. The van der Waals surface area contributed by atoms with Gasteiger partial charge in [0.15, 0.2) is 5.65 Å². The maximum atomic E-state index is 14.3. The molecule has 3 aromatic rings. The summed E-state index contributed by atoms with van der Waals surface area (Å²) in [6.45, 7) is 0.244. The number of aliphatic hydroxyl groups is 1. The van der Waals surface area contributed by atoms with Crippen LogP contribution in [0.2, 0.25) is 0 Å². The lowest BCUT2D eigenvalue weighted by molar-refractivity contribution is 0.185. The molecule has 9 heteroatoms. The number of hydrogen-bond acceptors (Lipinski definition) is 6. The quantitative estimate of drug-likeness (QED) is 0.448. The third-order valence-electron chi connectivity index (χ3n) is 6.76. The predicted octanol–water partition coefficient (Wildman–Crippen LogP) is 5.56. The molecule has 2 saturated carbocycles. The Morgan fingerprint density at radius 1 is 1.00 bits per heavy atom. The lowest BCUT2D eigenvalue weighted by atomic mass is 9.87. The van der Waals surface area contributed by atoms with Crippen LogP contribution in [0.5, 0.6) is 0 Å². The van der Waals surface area contributed by atoms with Crippen LogP contribution in [0.1, 0.15) is 64.8 Å². The summed E-state index contributed by atoms with van der Waals surface area (Å²) in [6, 6.07) is 4.22. The summed E-state index contributed by atoms with van der Waals surface area (Å²) in [6.07, 6.45) is 9.71. The number of benzene rings is 1. The number of aromatic nitrogens is 4. The second-order valence-corrected chi connectivity index (χ2v) is 8.91. The third-order valence-corrected chi connectivity index (χ3v) is 6.76. The SMILES string of the molecule is C.OCC1CCC(Nc2ncc3nc(Nc4c(F)cccc4F)n(C4CCCC4)c3n2)CC1. The Morgan fingerprint density at radius 2 is 1.70 bits per heavy atom. The number of hydrogen-bond donors (Lipinski definition) is 3. The summed E-state index contributed by atoms with van der Waals surface area (Å²) in [7, 11) is 0. The molecule has 33 heavy (non-hydrogen) atoms. The summed E-state index contributed by atoms with van der Waals surface area (Å²) in [4.78, 5) is 13.8. The van der Waals surface area contributed by atoms with Gasteiger partial charge in [0.25, 0.3) is 0 Å². The summed E-state index contributed by atoms with van der Waals surface area (Å²) < 4.78 is 30.5. The number of anilines is 3. The van der Waals surface area contributed by atoms with Crippen LogP contribution in [0, 0.1) is 17.6 Å². The molecular weight excluding hydrogens is 426 g/mol. The normalized spacial score (nSPS) is 21.2. The van der Waals surface area contributed by atoms with Crippen molar-refractivity contribution in [3.05, 3.63) is 36.0 Å². The fraction of sp³-hybridized carbons (Fsp3) is 0.542. The smallest absolute Gasteiger partial charge is 0.224 e. The Kier molecular flexibility index (Phi) is 7.07. The van der Waals surface area contributed by atoms with E-state index in [9.17, 15) is 13.9 Å². The first-order valence-corrected chi connectivity index (χ1v) is 11.5. The Labute approximate surface area is 192 Å². The molecule has 178 valence electrons.